The van der Waals surface area contributed by atoms with Crippen LogP contribution in [0.3, 0.4) is 0 Å². The predicted octanol–water partition coefficient (Wildman–Crippen LogP) is 0.733. The second-order valence-electron chi connectivity index (χ2n) is 5.47. The van der Waals surface area contributed by atoms with E-state index in [0.717, 1.165) is 32.1 Å². The minimum Gasteiger partial charge on any atom is -0.475 e. The third-order valence-electron chi connectivity index (χ3n) is 3.54. The van der Waals surface area contributed by atoms with Gasteiger partial charge in [-0.15, -0.1) is 0 Å². The highest BCUT2D eigenvalue weighted by atomic mass is 16.5. The zero-order chi connectivity index (χ0) is 14.5. The molecule has 2 rings (SSSR count). The molecule has 1 aromatic heterocycles. The smallest absolute Gasteiger partial charge is 0.228 e. The van der Waals surface area contributed by atoms with E-state index in [1.165, 1.54) is 0 Å². The maximum atomic E-state index is 5.72. The summed E-state index contributed by atoms with van der Waals surface area (Å²) < 4.78 is 5.62. The molecule has 1 atom stereocenters. The highest BCUT2D eigenvalue weighted by Crippen LogP contribution is 2.16. The average molecular weight is 279 g/mol. The van der Waals surface area contributed by atoms with Crippen molar-refractivity contribution in [2.45, 2.75) is 32.9 Å². The van der Waals surface area contributed by atoms with Crippen molar-refractivity contribution in [3.05, 3.63) is 12.3 Å². The Labute approximate surface area is 120 Å². The molecule has 0 spiro atoms. The molecule has 112 valence electrons. The number of nitrogens with zero attached hydrogens (tertiary/aromatic N) is 4. The summed E-state index contributed by atoms with van der Waals surface area (Å²) in [5, 5.41) is 0. The lowest BCUT2D eigenvalue weighted by Gasteiger charge is -2.37. The molecule has 1 aliphatic heterocycles. The van der Waals surface area contributed by atoms with Crippen LogP contribution in [0.25, 0.3) is 0 Å². The van der Waals surface area contributed by atoms with E-state index in [1.54, 1.807) is 12.3 Å². The molecule has 1 saturated heterocycles. The molecule has 2 N–H and O–H groups in total. The van der Waals surface area contributed by atoms with Crippen LogP contribution in [0.15, 0.2) is 12.3 Å². The van der Waals surface area contributed by atoms with E-state index in [-0.39, 0.29) is 6.10 Å². The van der Waals surface area contributed by atoms with Gasteiger partial charge in [0.1, 0.15) is 0 Å². The van der Waals surface area contributed by atoms with Crippen molar-refractivity contribution in [1.82, 2.24) is 14.9 Å². The lowest BCUT2D eigenvalue weighted by molar-refractivity contribution is 0.200. The van der Waals surface area contributed by atoms with Gasteiger partial charge in [-0.2, -0.15) is 4.98 Å². The molecule has 0 aromatic carbocycles. The van der Waals surface area contributed by atoms with E-state index in [4.69, 9.17) is 10.5 Å². The predicted molar refractivity (Wildman–Crippen MR) is 80.1 cm³/mol. The fourth-order valence-corrected chi connectivity index (χ4v) is 2.30. The summed E-state index contributed by atoms with van der Waals surface area (Å²) in [5.41, 5.74) is 5.72. The molecular formula is C14H25N5O. The number of aromatic nitrogens is 2. The van der Waals surface area contributed by atoms with Gasteiger partial charge in [0.25, 0.3) is 0 Å². The first-order valence-electron chi connectivity index (χ1n) is 7.29. The van der Waals surface area contributed by atoms with Gasteiger partial charge >= 0.3 is 0 Å². The monoisotopic (exact) mass is 279 g/mol. The molecule has 0 amide bonds. The molecule has 1 aliphatic rings. The normalized spacial score (nSPS) is 18.4. The highest BCUT2D eigenvalue weighted by Gasteiger charge is 2.22. The van der Waals surface area contributed by atoms with Gasteiger partial charge < -0.3 is 15.4 Å². The SMILES string of the molecule is CC(C)Oc1ccnc(N2CCN(C(C)CN)CC2)n1. The zero-order valence-electron chi connectivity index (χ0n) is 12.6. The molecule has 1 aromatic rings. The van der Waals surface area contributed by atoms with Crippen molar-refractivity contribution in [3.8, 4) is 5.88 Å². The first-order valence-corrected chi connectivity index (χ1v) is 7.29. The van der Waals surface area contributed by atoms with Crippen LogP contribution in [-0.4, -0.2) is 59.7 Å². The Morgan fingerprint density at radius 1 is 1.25 bits per heavy atom. The number of nitrogens with two attached hydrogens (primary N) is 1. The minimum atomic E-state index is 0.125. The Bertz CT molecular complexity index is 418. The van der Waals surface area contributed by atoms with Gasteiger partial charge in [-0.1, -0.05) is 0 Å². The summed E-state index contributed by atoms with van der Waals surface area (Å²) >= 11 is 0. The van der Waals surface area contributed by atoms with Gasteiger partial charge in [0.15, 0.2) is 0 Å². The average Bonchev–Trinajstić information content (AvgIpc) is 2.46. The summed E-state index contributed by atoms with van der Waals surface area (Å²) in [6.07, 6.45) is 1.88. The van der Waals surface area contributed by atoms with Crippen molar-refractivity contribution in [2.24, 2.45) is 5.73 Å². The van der Waals surface area contributed by atoms with E-state index in [9.17, 15) is 0 Å². The summed E-state index contributed by atoms with van der Waals surface area (Å²) in [5.74, 6) is 1.39. The number of piperazine rings is 1. The Kier molecular flexibility index (Phi) is 5.14. The van der Waals surface area contributed by atoms with Crippen LogP contribution in [0, 0.1) is 0 Å². The van der Waals surface area contributed by atoms with Crippen molar-refractivity contribution in [2.75, 3.05) is 37.6 Å². The number of ether oxygens (including phenoxy) is 1. The molecular weight excluding hydrogens is 254 g/mol. The van der Waals surface area contributed by atoms with Crippen LogP contribution < -0.4 is 15.4 Å². The van der Waals surface area contributed by atoms with Crippen LogP contribution in [0.1, 0.15) is 20.8 Å². The largest absolute Gasteiger partial charge is 0.475 e. The molecule has 0 bridgehead atoms. The Hall–Kier alpha value is -1.40. The maximum absolute atomic E-state index is 5.72. The van der Waals surface area contributed by atoms with Crippen LogP contribution in [0.5, 0.6) is 5.88 Å². The second kappa shape index (κ2) is 6.85. The standard InChI is InChI=1S/C14H25N5O/c1-11(2)20-13-4-5-16-14(17-13)19-8-6-18(7-9-19)12(3)10-15/h4-5,11-12H,6-10,15H2,1-3H3. The zero-order valence-corrected chi connectivity index (χ0v) is 12.6. The van der Waals surface area contributed by atoms with Crippen molar-refractivity contribution in [3.63, 3.8) is 0 Å². The maximum Gasteiger partial charge on any atom is 0.228 e. The molecule has 1 fully saturated rings. The summed E-state index contributed by atoms with van der Waals surface area (Å²) in [7, 11) is 0. The lowest BCUT2D eigenvalue weighted by atomic mass is 10.2. The van der Waals surface area contributed by atoms with Gasteiger partial charge in [0, 0.05) is 51.0 Å². The van der Waals surface area contributed by atoms with Crippen LogP contribution >= 0.6 is 0 Å². The van der Waals surface area contributed by atoms with Gasteiger partial charge in [-0.05, 0) is 20.8 Å². The molecule has 1 unspecified atom stereocenters. The van der Waals surface area contributed by atoms with E-state index in [0.29, 0.717) is 18.5 Å². The molecule has 6 nitrogen and oxygen atoms in total. The van der Waals surface area contributed by atoms with Gasteiger partial charge in [0.2, 0.25) is 11.8 Å². The number of hydrogen-bond acceptors (Lipinski definition) is 6. The first kappa shape index (κ1) is 15.0. The lowest BCUT2D eigenvalue weighted by Crippen LogP contribution is -2.51. The first-order chi connectivity index (χ1) is 9.60. The number of hydrogen-bond donors (Lipinski definition) is 1. The fraction of sp³-hybridized carbons (Fsp3) is 0.714. The third-order valence-corrected chi connectivity index (χ3v) is 3.54. The van der Waals surface area contributed by atoms with Gasteiger partial charge in [0.05, 0.1) is 6.10 Å². The fourth-order valence-electron chi connectivity index (χ4n) is 2.30. The third kappa shape index (κ3) is 3.80. The Morgan fingerprint density at radius 2 is 1.95 bits per heavy atom. The van der Waals surface area contributed by atoms with E-state index < -0.39 is 0 Å². The van der Waals surface area contributed by atoms with Crippen LogP contribution in [-0.2, 0) is 0 Å². The van der Waals surface area contributed by atoms with Crippen molar-refractivity contribution in [1.29, 1.82) is 0 Å². The quantitative estimate of drug-likeness (QED) is 0.857. The minimum absolute atomic E-state index is 0.125. The molecule has 6 heteroatoms. The van der Waals surface area contributed by atoms with Crippen molar-refractivity contribution >= 4 is 5.95 Å². The van der Waals surface area contributed by atoms with E-state index in [1.807, 2.05) is 13.8 Å². The molecule has 0 aliphatic carbocycles. The van der Waals surface area contributed by atoms with Crippen LogP contribution in [0.4, 0.5) is 5.95 Å². The van der Waals surface area contributed by atoms with E-state index >= 15 is 0 Å². The summed E-state index contributed by atoms with van der Waals surface area (Å²) in [6, 6.07) is 2.24. The summed E-state index contributed by atoms with van der Waals surface area (Å²) in [4.78, 5) is 13.4. The molecule has 0 saturated carbocycles. The number of rotatable bonds is 5. The second-order valence-corrected chi connectivity index (χ2v) is 5.47. The topological polar surface area (TPSA) is 67.5 Å². The molecule has 2 heterocycles. The van der Waals surface area contributed by atoms with Gasteiger partial charge in [-0.3, -0.25) is 4.90 Å². The number of anilines is 1. The van der Waals surface area contributed by atoms with E-state index in [2.05, 4.69) is 26.7 Å². The highest BCUT2D eigenvalue weighted by molar-refractivity contribution is 5.32. The summed E-state index contributed by atoms with van der Waals surface area (Å²) in [6.45, 7) is 10.7. The van der Waals surface area contributed by atoms with Crippen molar-refractivity contribution < 1.29 is 4.74 Å². The van der Waals surface area contributed by atoms with Crippen LogP contribution in [0.2, 0.25) is 0 Å². The van der Waals surface area contributed by atoms with Gasteiger partial charge in [-0.25, -0.2) is 4.98 Å². The Morgan fingerprint density at radius 3 is 2.55 bits per heavy atom. The Balaban J connectivity index is 1.96. The molecule has 20 heavy (non-hydrogen) atoms. The molecule has 0 radical (unpaired) electrons.